The Balaban J connectivity index is 2.33. The molecule has 2 aromatic heterocycles. The molecule has 0 amide bonds. The number of hydrogen-bond acceptors (Lipinski definition) is 4. The van der Waals surface area contributed by atoms with E-state index in [0.717, 1.165) is 3.79 Å². The van der Waals surface area contributed by atoms with Crippen molar-refractivity contribution < 1.29 is 13.2 Å². The van der Waals surface area contributed by atoms with Gasteiger partial charge in [0.2, 0.25) is 0 Å². The summed E-state index contributed by atoms with van der Waals surface area (Å²) < 4.78 is 29.8. The van der Waals surface area contributed by atoms with Crippen LogP contribution in [0, 0.1) is 0 Å². The van der Waals surface area contributed by atoms with E-state index in [2.05, 4.69) is 26.1 Å². The first-order valence-electron chi connectivity index (χ1n) is 3.54. The van der Waals surface area contributed by atoms with Crippen molar-refractivity contribution in [1.82, 2.24) is 10.2 Å². The Morgan fingerprint density at radius 1 is 1.36 bits per heavy atom. The zero-order valence-electron chi connectivity index (χ0n) is 6.58. The summed E-state index contributed by atoms with van der Waals surface area (Å²) in [4.78, 5) is 0.663. The van der Waals surface area contributed by atoms with Crippen LogP contribution < -0.4 is 0 Å². The van der Waals surface area contributed by atoms with Gasteiger partial charge in [-0.15, -0.1) is 21.5 Å². The van der Waals surface area contributed by atoms with Crippen LogP contribution in [0.15, 0.2) is 20.3 Å². The summed E-state index contributed by atoms with van der Waals surface area (Å²) >= 11 is 4.59. The van der Waals surface area contributed by atoms with Gasteiger partial charge < -0.3 is 4.42 Å². The summed E-state index contributed by atoms with van der Waals surface area (Å²) in [5.74, 6) is -0.527. The lowest BCUT2D eigenvalue weighted by molar-refractivity contribution is 0.116. The SMILES string of the molecule is FC(F)c1nnc(-c2ccc(Br)s2)o1. The molecule has 0 fully saturated rings. The third-order valence-electron chi connectivity index (χ3n) is 1.41. The molecule has 0 N–H and O–H groups in total. The van der Waals surface area contributed by atoms with E-state index in [1.165, 1.54) is 11.3 Å². The number of nitrogens with zero attached hydrogens (tertiary/aromatic N) is 2. The number of halogens is 3. The largest absolute Gasteiger partial charge is 0.414 e. The van der Waals surface area contributed by atoms with E-state index >= 15 is 0 Å². The molecule has 0 radical (unpaired) electrons. The quantitative estimate of drug-likeness (QED) is 0.845. The van der Waals surface area contributed by atoms with Gasteiger partial charge in [-0.1, -0.05) is 0 Å². The number of aromatic nitrogens is 2. The molecule has 0 unspecified atom stereocenters. The van der Waals surface area contributed by atoms with Crippen LogP contribution >= 0.6 is 27.3 Å². The zero-order valence-corrected chi connectivity index (χ0v) is 8.98. The molecular weight excluding hydrogens is 278 g/mol. The highest BCUT2D eigenvalue weighted by Crippen LogP contribution is 2.31. The molecule has 0 aliphatic heterocycles. The van der Waals surface area contributed by atoms with E-state index in [9.17, 15) is 8.78 Å². The fourth-order valence-corrected chi connectivity index (χ4v) is 2.16. The van der Waals surface area contributed by atoms with E-state index < -0.39 is 12.3 Å². The molecule has 2 heterocycles. The third kappa shape index (κ3) is 1.83. The number of rotatable bonds is 2. The maximum atomic E-state index is 12.1. The molecule has 0 saturated carbocycles. The standard InChI is InChI=1S/C7H3BrF2N2OS/c8-4-2-1-3(14-4)6-11-12-7(13-6)5(9)10/h1-2,5H. The molecule has 0 spiro atoms. The second-order valence-corrected chi connectivity index (χ2v) is 4.81. The Bertz CT molecular complexity index is 442. The Morgan fingerprint density at radius 2 is 2.14 bits per heavy atom. The van der Waals surface area contributed by atoms with Crippen LogP contribution in [-0.2, 0) is 0 Å². The lowest BCUT2D eigenvalue weighted by atomic mass is 10.5. The minimum atomic E-state index is -2.72. The van der Waals surface area contributed by atoms with Gasteiger partial charge in [0.1, 0.15) is 0 Å². The minimum absolute atomic E-state index is 0.121. The summed E-state index contributed by atoms with van der Waals surface area (Å²) in [5.41, 5.74) is 0. The summed E-state index contributed by atoms with van der Waals surface area (Å²) in [6.45, 7) is 0. The first-order valence-corrected chi connectivity index (χ1v) is 5.15. The Morgan fingerprint density at radius 3 is 2.64 bits per heavy atom. The van der Waals surface area contributed by atoms with Crippen molar-refractivity contribution in [2.45, 2.75) is 6.43 Å². The third-order valence-corrected chi connectivity index (χ3v) is 3.02. The topological polar surface area (TPSA) is 38.9 Å². The van der Waals surface area contributed by atoms with E-state index in [-0.39, 0.29) is 5.89 Å². The summed E-state index contributed by atoms with van der Waals surface area (Å²) in [6.07, 6.45) is -2.72. The van der Waals surface area contributed by atoms with Gasteiger partial charge in [-0.05, 0) is 28.1 Å². The second-order valence-electron chi connectivity index (χ2n) is 2.35. The van der Waals surface area contributed by atoms with Crippen LogP contribution in [0.25, 0.3) is 10.8 Å². The molecule has 74 valence electrons. The highest BCUT2D eigenvalue weighted by atomic mass is 79.9. The summed E-state index contributed by atoms with van der Waals surface area (Å²) in [6, 6.07) is 3.50. The molecule has 0 aromatic carbocycles. The van der Waals surface area contributed by atoms with Crippen molar-refractivity contribution in [3.63, 3.8) is 0 Å². The molecular formula is C7H3BrF2N2OS. The fraction of sp³-hybridized carbons (Fsp3) is 0.143. The highest BCUT2D eigenvalue weighted by Gasteiger charge is 2.17. The Kier molecular flexibility index (Phi) is 2.60. The monoisotopic (exact) mass is 280 g/mol. The average Bonchev–Trinajstić information content (AvgIpc) is 2.70. The van der Waals surface area contributed by atoms with E-state index in [1.807, 2.05) is 0 Å². The summed E-state index contributed by atoms with van der Waals surface area (Å²) in [5, 5.41) is 6.74. The molecule has 7 heteroatoms. The molecule has 0 atom stereocenters. The van der Waals surface area contributed by atoms with Crippen molar-refractivity contribution >= 4 is 27.3 Å². The normalized spacial score (nSPS) is 11.1. The summed E-state index contributed by atoms with van der Waals surface area (Å²) in [7, 11) is 0. The van der Waals surface area contributed by atoms with Gasteiger partial charge in [0, 0.05) is 0 Å². The van der Waals surface area contributed by atoms with Crippen molar-refractivity contribution in [3.05, 3.63) is 21.8 Å². The average molecular weight is 281 g/mol. The van der Waals surface area contributed by atoms with Crippen molar-refractivity contribution in [2.24, 2.45) is 0 Å². The molecule has 2 rings (SSSR count). The second kappa shape index (κ2) is 3.74. The first kappa shape index (κ1) is 9.72. The van der Waals surface area contributed by atoms with Crippen LogP contribution in [0.4, 0.5) is 8.78 Å². The highest BCUT2D eigenvalue weighted by molar-refractivity contribution is 9.11. The minimum Gasteiger partial charge on any atom is -0.414 e. The van der Waals surface area contributed by atoms with Crippen molar-refractivity contribution in [3.8, 4) is 10.8 Å². The van der Waals surface area contributed by atoms with Gasteiger partial charge >= 0.3 is 6.43 Å². The molecule has 0 aliphatic rings. The van der Waals surface area contributed by atoms with Crippen LogP contribution in [0.2, 0.25) is 0 Å². The molecule has 2 aromatic rings. The number of hydrogen-bond donors (Lipinski definition) is 0. The maximum absolute atomic E-state index is 12.1. The van der Waals surface area contributed by atoms with Crippen LogP contribution in [-0.4, -0.2) is 10.2 Å². The van der Waals surface area contributed by atoms with Crippen molar-refractivity contribution in [1.29, 1.82) is 0 Å². The fourth-order valence-electron chi connectivity index (χ4n) is 0.852. The molecule has 14 heavy (non-hydrogen) atoms. The van der Waals surface area contributed by atoms with Gasteiger partial charge in [0.05, 0.1) is 8.66 Å². The van der Waals surface area contributed by atoms with Gasteiger partial charge in [0.15, 0.2) is 0 Å². The van der Waals surface area contributed by atoms with Crippen LogP contribution in [0.3, 0.4) is 0 Å². The Hall–Kier alpha value is -0.820. The molecule has 0 bridgehead atoms. The zero-order chi connectivity index (χ0) is 10.1. The van der Waals surface area contributed by atoms with Crippen LogP contribution in [0.1, 0.15) is 12.3 Å². The van der Waals surface area contributed by atoms with E-state index in [4.69, 9.17) is 4.42 Å². The molecule has 0 aliphatic carbocycles. The van der Waals surface area contributed by atoms with Crippen molar-refractivity contribution in [2.75, 3.05) is 0 Å². The number of alkyl halides is 2. The Labute approximate surface area is 89.9 Å². The smallest absolute Gasteiger partial charge is 0.314 e. The predicted octanol–water partition coefficient (Wildman–Crippen LogP) is 3.50. The van der Waals surface area contributed by atoms with Gasteiger partial charge in [-0.25, -0.2) is 0 Å². The van der Waals surface area contributed by atoms with Gasteiger partial charge in [-0.2, -0.15) is 8.78 Å². The lowest BCUT2D eigenvalue weighted by Gasteiger charge is -1.87. The van der Waals surface area contributed by atoms with E-state index in [0.29, 0.717) is 4.88 Å². The number of thiophene rings is 1. The maximum Gasteiger partial charge on any atom is 0.314 e. The van der Waals surface area contributed by atoms with Crippen LogP contribution in [0.5, 0.6) is 0 Å². The predicted molar refractivity (Wildman–Crippen MR) is 50.3 cm³/mol. The molecule has 3 nitrogen and oxygen atoms in total. The van der Waals surface area contributed by atoms with E-state index in [1.54, 1.807) is 12.1 Å². The van der Waals surface area contributed by atoms with Gasteiger partial charge in [0.25, 0.3) is 11.8 Å². The molecule has 0 saturated heterocycles. The van der Waals surface area contributed by atoms with Gasteiger partial charge in [-0.3, -0.25) is 0 Å². The lowest BCUT2D eigenvalue weighted by Crippen LogP contribution is -1.81. The first-order chi connectivity index (χ1) is 6.66.